The van der Waals surface area contributed by atoms with Crippen molar-refractivity contribution in [2.75, 3.05) is 0 Å². The molecule has 0 spiro atoms. The van der Waals surface area contributed by atoms with Crippen LogP contribution in [0.15, 0.2) is 0 Å². The first-order chi connectivity index (χ1) is 6.49. The first-order valence-corrected chi connectivity index (χ1v) is 5.31. The quantitative estimate of drug-likeness (QED) is 0.716. The second-order valence-corrected chi connectivity index (χ2v) is 5.20. The summed E-state index contributed by atoms with van der Waals surface area (Å²) < 4.78 is 0. The van der Waals surface area contributed by atoms with E-state index in [4.69, 9.17) is 5.73 Å². The summed E-state index contributed by atoms with van der Waals surface area (Å²) in [4.78, 5) is 0. The number of aromatic nitrogens is 2. The Hall–Kier alpha value is -0.830. The lowest BCUT2D eigenvalue weighted by Gasteiger charge is -2.29. The number of hydrogen-bond acceptors (Lipinski definition) is 2. The molecule has 14 heavy (non-hydrogen) atoms. The summed E-state index contributed by atoms with van der Waals surface area (Å²) in [6.07, 6.45) is 3.46. The van der Waals surface area contributed by atoms with E-state index >= 15 is 0 Å². The van der Waals surface area contributed by atoms with Crippen LogP contribution >= 0.6 is 0 Å². The minimum Gasteiger partial charge on any atom is -0.323 e. The standard InChI is InChI=1S/C11H19N3/c1-7(12)10-8-6-11(2,3)5-4-9(8)13-14-10/h7H,4-6,12H2,1-3H3,(H,13,14). The maximum atomic E-state index is 5.89. The minimum atomic E-state index is 0.0453. The average Bonchev–Trinajstić information content (AvgIpc) is 2.44. The van der Waals surface area contributed by atoms with Crippen LogP contribution in [0.2, 0.25) is 0 Å². The summed E-state index contributed by atoms with van der Waals surface area (Å²) in [6.45, 7) is 6.62. The normalized spacial score (nSPS) is 21.7. The topological polar surface area (TPSA) is 54.7 Å². The van der Waals surface area contributed by atoms with E-state index in [9.17, 15) is 0 Å². The molecular formula is C11H19N3. The predicted molar refractivity (Wildman–Crippen MR) is 57.0 cm³/mol. The van der Waals surface area contributed by atoms with Gasteiger partial charge in [0.1, 0.15) is 0 Å². The summed E-state index contributed by atoms with van der Waals surface area (Å²) in [6, 6.07) is 0.0453. The van der Waals surface area contributed by atoms with E-state index in [1.807, 2.05) is 6.92 Å². The van der Waals surface area contributed by atoms with Crippen LogP contribution in [-0.4, -0.2) is 10.2 Å². The van der Waals surface area contributed by atoms with Gasteiger partial charge in [-0.3, -0.25) is 5.10 Å². The number of nitrogens with zero attached hydrogens (tertiary/aromatic N) is 1. The molecule has 78 valence electrons. The van der Waals surface area contributed by atoms with Crippen LogP contribution in [0.3, 0.4) is 0 Å². The van der Waals surface area contributed by atoms with Crippen LogP contribution in [0.25, 0.3) is 0 Å². The molecule has 1 atom stereocenters. The Kier molecular flexibility index (Phi) is 2.14. The summed E-state index contributed by atoms with van der Waals surface area (Å²) in [5, 5.41) is 7.43. The second-order valence-electron chi connectivity index (χ2n) is 5.20. The summed E-state index contributed by atoms with van der Waals surface area (Å²) in [5.41, 5.74) is 10.0. The maximum absolute atomic E-state index is 5.89. The highest BCUT2D eigenvalue weighted by molar-refractivity contribution is 5.30. The molecule has 1 heterocycles. The Morgan fingerprint density at radius 1 is 1.50 bits per heavy atom. The zero-order valence-corrected chi connectivity index (χ0v) is 9.22. The van der Waals surface area contributed by atoms with Gasteiger partial charge in [0.15, 0.2) is 0 Å². The lowest BCUT2D eigenvalue weighted by Crippen LogP contribution is -2.23. The molecule has 3 nitrogen and oxygen atoms in total. The summed E-state index contributed by atoms with van der Waals surface area (Å²) >= 11 is 0. The smallest absolute Gasteiger partial charge is 0.0821 e. The fourth-order valence-electron chi connectivity index (χ4n) is 2.23. The van der Waals surface area contributed by atoms with Crippen LogP contribution < -0.4 is 5.73 Å². The fraction of sp³-hybridized carbons (Fsp3) is 0.727. The van der Waals surface area contributed by atoms with Gasteiger partial charge < -0.3 is 5.73 Å². The monoisotopic (exact) mass is 193 g/mol. The van der Waals surface area contributed by atoms with Gasteiger partial charge in [0, 0.05) is 11.7 Å². The Morgan fingerprint density at radius 2 is 2.21 bits per heavy atom. The molecule has 3 heteroatoms. The van der Waals surface area contributed by atoms with Gasteiger partial charge >= 0.3 is 0 Å². The zero-order chi connectivity index (χ0) is 10.3. The van der Waals surface area contributed by atoms with Crippen LogP contribution in [0.4, 0.5) is 0 Å². The molecule has 1 aromatic rings. The van der Waals surface area contributed by atoms with Crippen LogP contribution in [0, 0.1) is 5.41 Å². The van der Waals surface area contributed by atoms with Crippen LogP contribution in [0.5, 0.6) is 0 Å². The average molecular weight is 193 g/mol. The van der Waals surface area contributed by atoms with Gasteiger partial charge in [-0.2, -0.15) is 5.10 Å². The zero-order valence-electron chi connectivity index (χ0n) is 9.22. The maximum Gasteiger partial charge on any atom is 0.0821 e. The lowest BCUT2D eigenvalue weighted by atomic mass is 9.75. The molecule has 0 saturated heterocycles. The van der Waals surface area contributed by atoms with E-state index in [0.29, 0.717) is 5.41 Å². The first kappa shape index (κ1) is 9.71. The van der Waals surface area contributed by atoms with Gasteiger partial charge in [-0.15, -0.1) is 0 Å². The van der Waals surface area contributed by atoms with Crippen molar-refractivity contribution in [3.63, 3.8) is 0 Å². The van der Waals surface area contributed by atoms with Gasteiger partial charge in [0.2, 0.25) is 0 Å². The highest BCUT2D eigenvalue weighted by Crippen LogP contribution is 2.36. The van der Waals surface area contributed by atoms with Crippen molar-refractivity contribution in [3.05, 3.63) is 17.0 Å². The molecule has 0 bridgehead atoms. The van der Waals surface area contributed by atoms with Gasteiger partial charge in [0.05, 0.1) is 5.69 Å². The van der Waals surface area contributed by atoms with E-state index in [0.717, 1.165) is 18.5 Å². The van der Waals surface area contributed by atoms with E-state index < -0.39 is 0 Å². The Bertz CT molecular complexity index is 336. The molecule has 0 fully saturated rings. The third-order valence-electron chi connectivity index (χ3n) is 3.12. The number of aromatic amines is 1. The molecule has 3 N–H and O–H groups in total. The van der Waals surface area contributed by atoms with Crippen molar-refractivity contribution in [3.8, 4) is 0 Å². The summed E-state index contributed by atoms with van der Waals surface area (Å²) in [5.74, 6) is 0. The molecule has 0 aromatic carbocycles. The van der Waals surface area contributed by atoms with Gasteiger partial charge in [-0.25, -0.2) is 0 Å². The van der Waals surface area contributed by atoms with Crippen molar-refractivity contribution in [1.29, 1.82) is 0 Å². The lowest BCUT2D eigenvalue weighted by molar-refractivity contribution is 0.312. The number of H-pyrrole nitrogens is 1. The Morgan fingerprint density at radius 3 is 2.86 bits per heavy atom. The van der Waals surface area contributed by atoms with Crippen molar-refractivity contribution < 1.29 is 0 Å². The minimum absolute atomic E-state index is 0.0453. The third kappa shape index (κ3) is 1.57. The van der Waals surface area contributed by atoms with Crippen molar-refractivity contribution in [1.82, 2.24) is 10.2 Å². The fourth-order valence-corrected chi connectivity index (χ4v) is 2.23. The van der Waals surface area contributed by atoms with Crippen molar-refractivity contribution >= 4 is 0 Å². The van der Waals surface area contributed by atoms with E-state index in [1.165, 1.54) is 17.7 Å². The first-order valence-electron chi connectivity index (χ1n) is 5.31. The molecule has 0 aliphatic heterocycles. The van der Waals surface area contributed by atoms with Crippen LogP contribution in [0.1, 0.15) is 50.2 Å². The molecule has 1 unspecified atom stereocenters. The molecule has 0 amide bonds. The van der Waals surface area contributed by atoms with E-state index in [-0.39, 0.29) is 6.04 Å². The number of aryl methyl sites for hydroxylation is 1. The molecule has 1 aromatic heterocycles. The Balaban J connectivity index is 2.38. The van der Waals surface area contributed by atoms with Crippen molar-refractivity contribution in [2.45, 2.75) is 46.1 Å². The second kappa shape index (κ2) is 3.09. The number of fused-ring (bicyclic) bond motifs is 1. The number of nitrogens with one attached hydrogen (secondary N) is 1. The third-order valence-corrected chi connectivity index (χ3v) is 3.12. The molecule has 0 saturated carbocycles. The largest absolute Gasteiger partial charge is 0.323 e. The Labute approximate surface area is 85.1 Å². The SMILES string of the molecule is CC(N)c1n[nH]c2c1CC(C)(C)CC2. The molecule has 2 rings (SSSR count). The predicted octanol–water partition coefficient (Wildman–Crippen LogP) is 1.94. The van der Waals surface area contributed by atoms with Gasteiger partial charge in [0.25, 0.3) is 0 Å². The highest BCUT2D eigenvalue weighted by atomic mass is 15.1. The molecule has 0 radical (unpaired) electrons. The van der Waals surface area contributed by atoms with Crippen LogP contribution in [-0.2, 0) is 12.8 Å². The molecular weight excluding hydrogens is 174 g/mol. The van der Waals surface area contributed by atoms with Gasteiger partial charge in [-0.05, 0) is 37.2 Å². The molecule has 1 aliphatic carbocycles. The van der Waals surface area contributed by atoms with E-state index in [1.54, 1.807) is 0 Å². The molecule has 1 aliphatic rings. The number of hydrogen-bond donors (Lipinski definition) is 2. The van der Waals surface area contributed by atoms with E-state index in [2.05, 4.69) is 24.0 Å². The number of nitrogens with two attached hydrogens (primary N) is 1. The number of rotatable bonds is 1. The van der Waals surface area contributed by atoms with Gasteiger partial charge in [-0.1, -0.05) is 13.8 Å². The highest BCUT2D eigenvalue weighted by Gasteiger charge is 2.29. The summed E-state index contributed by atoms with van der Waals surface area (Å²) in [7, 11) is 0. The van der Waals surface area contributed by atoms with Crippen molar-refractivity contribution in [2.24, 2.45) is 11.1 Å².